The minimum Gasteiger partial charge on any atom is -0.0850 e. The Morgan fingerprint density at radius 2 is 2.24 bits per heavy atom. The zero-order chi connectivity index (χ0) is 11.5. The minimum atomic E-state index is 0.545. The first-order chi connectivity index (χ1) is 8.29. The standard InChI is InChI=1S/C17H20/c1-12-4-2-6-16-15(12)5-3-9-17(16)11-13-7-8-14(17)10-13/h2,4,6-7,14H,3,5,8-11H2,1H3. The SMILES string of the molecule is Cc1cccc2c1CCCC21CC2=CCC1C2. The van der Waals surface area contributed by atoms with Crippen molar-refractivity contribution in [1.82, 2.24) is 0 Å². The number of hydrogen-bond acceptors (Lipinski definition) is 0. The zero-order valence-corrected chi connectivity index (χ0v) is 10.6. The predicted octanol–water partition coefficient (Wildman–Crippen LogP) is 4.31. The third-order valence-corrected chi connectivity index (χ3v) is 5.52. The summed E-state index contributed by atoms with van der Waals surface area (Å²) in [5.74, 6) is 0.929. The quantitative estimate of drug-likeness (QED) is 0.576. The number of benzene rings is 1. The Morgan fingerprint density at radius 3 is 3.00 bits per heavy atom. The molecule has 88 valence electrons. The van der Waals surface area contributed by atoms with Crippen LogP contribution in [0.4, 0.5) is 0 Å². The molecule has 0 aliphatic heterocycles. The van der Waals surface area contributed by atoms with Gasteiger partial charge in [0, 0.05) is 5.41 Å². The summed E-state index contributed by atoms with van der Waals surface area (Å²) in [5.41, 5.74) is 7.23. The summed E-state index contributed by atoms with van der Waals surface area (Å²) in [6.45, 7) is 2.30. The molecule has 4 rings (SSSR count). The molecule has 2 bridgehead atoms. The van der Waals surface area contributed by atoms with Crippen molar-refractivity contribution in [3.63, 3.8) is 0 Å². The van der Waals surface area contributed by atoms with Crippen molar-refractivity contribution in [2.45, 2.75) is 50.9 Å². The van der Waals surface area contributed by atoms with Crippen LogP contribution in [-0.2, 0) is 11.8 Å². The van der Waals surface area contributed by atoms with Gasteiger partial charge in [0.1, 0.15) is 0 Å². The van der Waals surface area contributed by atoms with Crippen LogP contribution in [-0.4, -0.2) is 0 Å². The molecule has 0 aromatic heterocycles. The Hall–Kier alpha value is -1.04. The number of rotatable bonds is 0. The van der Waals surface area contributed by atoms with Crippen LogP contribution in [0, 0.1) is 12.8 Å². The van der Waals surface area contributed by atoms with Crippen LogP contribution in [0.5, 0.6) is 0 Å². The first-order valence-corrected chi connectivity index (χ1v) is 7.06. The Bertz CT molecular complexity index is 509. The van der Waals surface area contributed by atoms with Gasteiger partial charge in [-0.2, -0.15) is 0 Å². The summed E-state index contributed by atoms with van der Waals surface area (Å²) in [5, 5.41) is 0. The van der Waals surface area contributed by atoms with Crippen LogP contribution in [0.3, 0.4) is 0 Å². The topological polar surface area (TPSA) is 0 Å². The van der Waals surface area contributed by atoms with Gasteiger partial charge in [-0.3, -0.25) is 0 Å². The molecule has 0 saturated heterocycles. The first kappa shape index (κ1) is 9.94. The maximum atomic E-state index is 2.51. The van der Waals surface area contributed by atoms with E-state index in [1.54, 1.807) is 16.7 Å². The van der Waals surface area contributed by atoms with Crippen LogP contribution in [0.1, 0.15) is 48.8 Å². The second-order valence-electron chi connectivity index (χ2n) is 6.29. The summed E-state index contributed by atoms with van der Waals surface area (Å²) in [4.78, 5) is 0. The summed E-state index contributed by atoms with van der Waals surface area (Å²) in [6.07, 6.45) is 10.8. The number of allylic oxidation sites excluding steroid dienone is 2. The third kappa shape index (κ3) is 1.19. The van der Waals surface area contributed by atoms with Gasteiger partial charge < -0.3 is 0 Å². The molecule has 0 nitrogen and oxygen atoms in total. The molecule has 3 aliphatic rings. The monoisotopic (exact) mass is 224 g/mol. The van der Waals surface area contributed by atoms with Crippen molar-refractivity contribution in [3.05, 3.63) is 46.5 Å². The highest BCUT2D eigenvalue weighted by Gasteiger charge is 2.49. The Balaban J connectivity index is 1.91. The summed E-state index contributed by atoms with van der Waals surface area (Å²) in [6, 6.07) is 7.01. The lowest BCUT2D eigenvalue weighted by Gasteiger charge is -2.42. The van der Waals surface area contributed by atoms with E-state index in [0.29, 0.717) is 5.41 Å². The van der Waals surface area contributed by atoms with E-state index < -0.39 is 0 Å². The number of hydrogen-bond donors (Lipinski definition) is 0. The molecule has 2 atom stereocenters. The lowest BCUT2D eigenvalue weighted by Crippen LogP contribution is -2.35. The maximum absolute atomic E-state index is 2.51. The van der Waals surface area contributed by atoms with Gasteiger partial charge in [-0.1, -0.05) is 29.8 Å². The molecule has 0 amide bonds. The van der Waals surface area contributed by atoms with E-state index in [2.05, 4.69) is 31.2 Å². The molecular weight excluding hydrogens is 204 g/mol. The van der Waals surface area contributed by atoms with Gasteiger partial charge in [0.15, 0.2) is 0 Å². The van der Waals surface area contributed by atoms with E-state index >= 15 is 0 Å². The average Bonchev–Trinajstić information content (AvgIpc) is 2.92. The van der Waals surface area contributed by atoms with E-state index in [1.807, 2.05) is 0 Å². The molecule has 0 radical (unpaired) electrons. The smallest absolute Gasteiger partial charge is 0.00273 e. The van der Waals surface area contributed by atoms with Crippen molar-refractivity contribution < 1.29 is 0 Å². The van der Waals surface area contributed by atoms with Crippen LogP contribution >= 0.6 is 0 Å². The number of aryl methyl sites for hydroxylation is 1. The largest absolute Gasteiger partial charge is 0.0850 e. The fourth-order valence-electron chi connectivity index (χ4n) is 4.73. The van der Waals surface area contributed by atoms with Crippen molar-refractivity contribution in [3.8, 4) is 0 Å². The molecule has 1 aromatic carbocycles. The lowest BCUT2D eigenvalue weighted by molar-refractivity contribution is 0.269. The molecule has 17 heavy (non-hydrogen) atoms. The van der Waals surface area contributed by atoms with Crippen LogP contribution in [0.2, 0.25) is 0 Å². The van der Waals surface area contributed by atoms with E-state index in [4.69, 9.17) is 0 Å². The van der Waals surface area contributed by atoms with Crippen LogP contribution in [0.25, 0.3) is 0 Å². The lowest BCUT2D eigenvalue weighted by atomic mass is 9.62. The summed E-state index contributed by atoms with van der Waals surface area (Å²) in [7, 11) is 0. The molecule has 1 fully saturated rings. The molecular formula is C17H20. The summed E-state index contributed by atoms with van der Waals surface area (Å²) < 4.78 is 0. The second kappa shape index (κ2) is 3.25. The van der Waals surface area contributed by atoms with Crippen LogP contribution < -0.4 is 0 Å². The molecule has 0 heteroatoms. The van der Waals surface area contributed by atoms with Gasteiger partial charge in [0.05, 0.1) is 0 Å². The van der Waals surface area contributed by atoms with Crippen molar-refractivity contribution in [2.24, 2.45) is 5.92 Å². The minimum absolute atomic E-state index is 0.545. The highest BCUT2D eigenvalue weighted by molar-refractivity contribution is 5.46. The molecule has 0 N–H and O–H groups in total. The molecule has 1 aromatic rings. The molecule has 0 heterocycles. The Kier molecular flexibility index (Phi) is 1.90. The first-order valence-electron chi connectivity index (χ1n) is 7.06. The van der Waals surface area contributed by atoms with E-state index in [9.17, 15) is 0 Å². The highest BCUT2D eigenvalue weighted by atomic mass is 14.5. The Morgan fingerprint density at radius 1 is 1.29 bits per heavy atom. The summed E-state index contributed by atoms with van der Waals surface area (Å²) >= 11 is 0. The zero-order valence-electron chi connectivity index (χ0n) is 10.6. The molecule has 1 spiro atoms. The normalized spacial score (nSPS) is 33.9. The second-order valence-corrected chi connectivity index (χ2v) is 6.29. The maximum Gasteiger partial charge on any atom is 0.00273 e. The third-order valence-electron chi connectivity index (χ3n) is 5.52. The van der Waals surface area contributed by atoms with E-state index in [0.717, 1.165) is 5.92 Å². The van der Waals surface area contributed by atoms with Gasteiger partial charge in [0.2, 0.25) is 0 Å². The van der Waals surface area contributed by atoms with Gasteiger partial charge >= 0.3 is 0 Å². The van der Waals surface area contributed by atoms with Gasteiger partial charge in [-0.25, -0.2) is 0 Å². The predicted molar refractivity (Wildman–Crippen MR) is 71.2 cm³/mol. The fraction of sp³-hybridized carbons (Fsp3) is 0.529. The number of fused-ring (bicyclic) bond motifs is 5. The Labute approximate surface area is 104 Å². The van der Waals surface area contributed by atoms with Crippen molar-refractivity contribution in [2.75, 3.05) is 0 Å². The van der Waals surface area contributed by atoms with Crippen molar-refractivity contribution >= 4 is 0 Å². The van der Waals surface area contributed by atoms with Gasteiger partial charge in [-0.05, 0) is 68.1 Å². The fourth-order valence-corrected chi connectivity index (χ4v) is 4.73. The molecule has 3 aliphatic carbocycles. The van der Waals surface area contributed by atoms with Crippen molar-refractivity contribution in [1.29, 1.82) is 0 Å². The van der Waals surface area contributed by atoms with Crippen LogP contribution in [0.15, 0.2) is 29.8 Å². The molecule has 1 saturated carbocycles. The van der Waals surface area contributed by atoms with E-state index in [-0.39, 0.29) is 0 Å². The van der Waals surface area contributed by atoms with E-state index in [1.165, 1.54) is 44.1 Å². The van der Waals surface area contributed by atoms with Gasteiger partial charge in [0.25, 0.3) is 0 Å². The molecule has 2 unspecified atom stereocenters. The highest BCUT2D eigenvalue weighted by Crippen LogP contribution is 2.58. The average molecular weight is 224 g/mol. The van der Waals surface area contributed by atoms with Gasteiger partial charge in [-0.15, -0.1) is 0 Å².